The molecule has 1 atom stereocenters. The van der Waals surface area contributed by atoms with E-state index >= 15 is 0 Å². The van der Waals surface area contributed by atoms with Gasteiger partial charge in [-0.1, -0.05) is 19.1 Å². The number of rotatable bonds is 6. The largest absolute Gasteiger partial charge is 0.490 e. The van der Waals surface area contributed by atoms with Crippen molar-refractivity contribution in [3.8, 4) is 5.75 Å². The van der Waals surface area contributed by atoms with Gasteiger partial charge in [0, 0.05) is 5.69 Å². The minimum Gasteiger partial charge on any atom is -0.490 e. The van der Waals surface area contributed by atoms with Crippen LogP contribution in [0.15, 0.2) is 42.5 Å². The molecule has 2 rings (SSSR count). The maximum Gasteiger partial charge on any atom is 0.416 e. The number of carbonyl (C=O) groups excluding carboxylic acids is 1. The summed E-state index contributed by atoms with van der Waals surface area (Å²) in [5.74, 6) is -0.482. The highest BCUT2D eigenvalue weighted by atomic mass is 19.4. The van der Waals surface area contributed by atoms with Gasteiger partial charge >= 0.3 is 12.3 Å². The van der Waals surface area contributed by atoms with Crippen molar-refractivity contribution in [2.24, 2.45) is 0 Å². The molecule has 0 fully saturated rings. The predicted molar refractivity (Wildman–Crippen MR) is 92.3 cm³/mol. The summed E-state index contributed by atoms with van der Waals surface area (Å²) in [4.78, 5) is 12.0. The highest BCUT2D eigenvalue weighted by molar-refractivity contribution is 5.85. The number of aryl methyl sites for hydroxylation is 1. The number of anilines is 1. The first kappa shape index (κ1) is 20.5. The highest BCUT2D eigenvalue weighted by Crippen LogP contribution is 2.31. The van der Waals surface area contributed by atoms with Crippen molar-refractivity contribution in [3.05, 3.63) is 59.4 Å². The van der Waals surface area contributed by atoms with Gasteiger partial charge in [0.05, 0.1) is 5.56 Å². The fourth-order valence-corrected chi connectivity index (χ4v) is 2.21. The molecule has 0 heterocycles. The lowest BCUT2D eigenvalue weighted by atomic mass is 10.2. The molecule has 0 radical (unpaired) electrons. The highest BCUT2D eigenvalue weighted by Gasteiger charge is 2.30. The van der Waals surface area contributed by atoms with E-state index in [0.29, 0.717) is 12.0 Å². The Kier molecular flexibility index (Phi) is 6.65. The fraction of sp³-hybridized carbons (Fsp3) is 0.316. The third-order valence-electron chi connectivity index (χ3n) is 3.76. The maximum absolute atomic E-state index is 13.3. The first-order valence-electron chi connectivity index (χ1n) is 8.23. The van der Waals surface area contributed by atoms with Crippen LogP contribution in [0, 0.1) is 12.7 Å². The lowest BCUT2D eigenvalue weighted by molar-refractivity contribution is -0.137. The zero-order valence-electron chi connectivity index (χ0n) is 14.8. The normalized spacial score (nSPS) is 12.4. The summed E-state index contributed by atoms with van der Waals surface area (Å²) < 4.78 is 61.9. The standard InChI is InChI=1S/C19H19F4NO3/c1-3-15(11-26-16-6-4-5-13(9-16)19(21,22)23)27-18(25)24-17-10-14(20)8-7-12(17)2/h4-10,15H,3,11H2,1-2H3,(H,24,25). The monoisotopic (exact) mass is 385 g/mol. The molecule has 1 unspecified atom stereocenters. The van der Waals surface area contributed by atoms with Crippen LogP contribution in [0.4, 0.5) is 28.0 Å². The van der Waals surface area contributed by atoms with Gasteiger partial charge in [-0.25, -0.2) is 9.18 Å². The summed E-state index contributed by atoms with van der Waals surface area (Å²) in [7, 11) is 0. The summed E-state index contributed by atoms with van der Waals surface area (Å²) in [6.45, 7) is 3.32. The smallest absolute Gasteiger partial charge is 0.416 e. The van der Waals surface area contributed by atoms with E-state index in [1.54, 1.807) is 13.8 Å². The Balaban J connectivity index is 1.93. The number of nitrogens with one attached hydrogen (secondary N) is 1. The van der Waals surface area contributed by atoms with E-state index in [-0.39, 0.29) is 18.0 Å². The SMILES string of the molecule is CCC(COc1cccc(C(F)(F)F)c1)OC(=O)Nc1cc(F)ccc1C. The third-order valence-corrected chi connectivity index (χ3v) is 3.76. The molecular formula is C19H19F4NO3. The van der Waals surface area contributed by atoms with E-state index in [4.69, 9.17) is 9.47 Å². The molecule has 0 aliphatic carbocycles. The lowest BCUT2D eigenvalue weighted by Gasteiger charge is -2.18. The summed E-state index contributed by atoms with van der Waals surface area (Å²) in [6, 6.07) is 8.38. The Morgan fingerprint density at radius 3 is 2.59 bits per heavy atom. The van der Waals surface area contributed by atoms with E-state index in [2.05, 4.69) is 5.32 Å². The van der Waals surface area contributed by atoms with E-state index in [0.717, 1.165) is 18.2 Å². The first-order valence-corrected chi connectivity index (χ1v) is 8.23. The summed E-state index contributed by atoms with van der Waals surface area (Å²) >= 11 is 0. The maximum atomic E-state index is 13.3. The Morgan fingerprint density at radius 2 is 1.93 bits per heavy atom. The molecule has 0 bridgehead atoms. The number of alkyl halides is 3. The first-order chi connectivity index (χ1) is 12.7. The van der Waals surface area contributed by atoms with Crippen molar-refractivity contribution in [1.82, 2.24) is 0 Å². The van der Waals surface area contributed by atoms with Crippen molar-refractivity contribution >= 4 is 11.8 Å². The van der Waals surface area contributed by atoms with Gasteiger partial charge in [-0.3, -0.25) is 5.32 Å². The number of carbonyl (C=O) groups is 1. The second kappa shape index (κ2) is 8.75. The molecule has 146 valence electrons. The van der Waals surface area contributed by atoms with Crippen LogP contribution < -0.4 is 10.1 Å². The molecule has 0 saturated heterocycles. The zero-order chi connectivity index (χ0) is 20.0. The number of hydrogen-bond donors (Lipinski definition) is 1. The molecule has 0 spiro atoms. The van der Waals surface area contributed by atoms with Crippen molar-refractivity contribution in [2.45, 2.75) is 32.5 Å². The second-order valence-corrected chi connectivity index (χ2v) is 5.86. The second-order valence-electron chi connectivity index (χ2n) is 5.86. The summed E-state index contributed by atoms with van der Waals surface area (Å²) in [6.07, 6.45) is -5.58. The van der Waals surface area contributed by atoms with Gasteiger partial charge in [0.25, 0.3) is 0 Å². The van der Waals surface area contributed by atoms with Gasteiger partial charge in [-0.2, -0.15) is 13.2 Å². The van der Waals surface area contributed by atoms with E-state index in [9.17, 15) is 22.4 Å². The molecule has 4 nitrogen and oxygen atoms in total. The number of amides is 1. The molecule has 8 heteroatoms. The van der Waals surface area contributed by atoms with Crippen LogP contribution in [0.1, 0.15) is 24.5 Å². The van der Waals surface area contributed by atoms with Crippen LogP contribution in [-0.2, 0) is 10.9 Å². The Labute approximate surface area is 154 Å². The molecule has 1 amide bonds. The van der Waals surface area contributed by atoms with Crippen LogP contribution in [0.5, 0.6) is 5.75 Å². The van der Waals surface area contributed by atoms with Crippen molar-refractivity contribution in [3.63, 3.8) is 0 Å². The predicted octanol–water partition coefficient (Wildman–Crippen LogP) is 5.56. The van der Waals surface area contributed by atoms with Crippen LogP contribution >= 0.6 is 0 Å². The minimum absolute atomic E-state index is 0.0215. The van der Waals surface area contributed by atoms with Crippen molar-refractivity contribution in [2.75, 3.05) is 11.9 Å². The van der Waals surface area contributed by atoms with Crippen LogP contribution in [0.25, 0.3) is 0 Å². The topological polar surface area (TPSA) is 47.6 Å². The zero-order valence-corrected chi connectivity index (χ0v) is 14.8. The van der Waals surface area contributed by atoms with Gasteiger partial charge < -0.3 is 9.47 Å². The van der Waals surface area contributed by atoms with Gasteiger partial charge in [-0.05, 0) is 49.2 Å². The molecule has 2 aromatic carbocycles. The van der Waals surface area contributed by atoms with Gasteiger partial charge in [0.15, 0.2) is 0 Å². The summed E-state index contributed by atoms with van der Waals surface area (Å²) in [5.41, 5.74) is 0.101. The number of ether oxygens (including phenoxy) is 2. The molecule has 0 aliphatic rings. The van der Waals surface area contributed by atoms with E-state index in [1.165, 1.54) is 24.3 Å². The third kappa shape index (κ3) is 6.16. The van der Waals surface area contributed by atoms with Crippen LogP contribution in [0.2, 0.25) is 0 Å². The molecule has 1 N–H and O–H groups in total. The van der Waals surface area contributed by atoms with Gasteiger partial charge in [0.1, 0.15) is 24.3 Å². The van der Waals surface area contributed by atoms with Gasteiger partial charge in [-0.15, -0.1) is 0 Å². The molecule has 0 saturated carbocycles. The fourth-order valence-electron chi connectivity index (χ4n) is 2.21. The molecule has 27 heavy (non-hydrogen) atoms. The summed E-state index contributed by atoms with van der Waals surface area (Å²) in [5, 5.41) is 2.44. The Hall–Kier alpha value is -2.77. The number of hydrogen-bond acceptors (Lipinski definition) is 3. The van der Waals surface area contributed by atoms with E-state index in [1.807, 2.05) is 0 Å². The number of halogens is 4. The lowest BCUT2D eigenvalue weighted by Crippen LogP contribution is -2.27. The Bertz CT molecular complexity index is 793. The molecule has 0 aliphatic heterocycles. The van der Waals surface area contributed by atoms with Crippen LogP contribution in [-0.4, -0.2) is 18.8 Å². The van der Waals surface area contributed by atoms with Crippen LogP contribution in [0.3, 0.4) is 0 Å². The number of benzene rings is 2. The Morgan fingerprint density at radius 1 is 1.19 bits per heavy atom. The minimum atomic E-state index is -4.47. The quantitative estimate of drug-likeness (QED) is 0.663. The molecular weight excluding hydrogens is 366 g/mol. The van der Waals surface area contributed by atoms with Gasteiger partial charge in [0.2, 0.25) is 0 Å². The average molecular weight is 385 g/mol. The molecule has 0 aromatic heterocycles. The van der Waals surface area contributed by atoms with Crippen molar-refractivity contribution < 1.29 is 31.8 Å². The van der Waals surface area contributed by atoms with E-state index < -0.39 is 29.8 Å². The van der Waals surface area contributed by atoms with Crippen molar-refractivity contribution in [1.29, 1.82) is 0 Å². The molecule has 2 aromatic rings. The average Bonchev–Trinajstić information content (AvgIpc) is 2.61.